The van der Waals surface area contributed by atoms with Crippen molar-refractivity contribution in [3.05, 3.63) is 0 Å². The van der Waals surface area contributed by atoms with Crippen LogP contribution in [0.1, 0.15) is 66.2 Å². The molecule has 84 valence electrons. The lowest BCUT2D eigenvalue weighted by Crippen LogP contribution is -2.42. The summed E-state index contributed by atoms with van der Waals surface area (Å²) >= 11 is 0. The summed E-state index contributed by atoms with van der Waals surface area (Å²) in [4.78, 5) is 0. The molecule has 1 aliphatic carbocycles. The Morgan fingerprint density at radius 3 is 2.07 bits per heavy atom. The van der Waals surface area contributed by atoms with E-state index in [0.29, 0.717) is 11.3 Å². The van der Waals surface area contributed by atoms with E-state index in [1.54, 1.807) is 0 Å². The van der Waals surface area contributed by atoms with Crippen LogP contribution in [0, 0.1) is 11.3 Å². The Morgan fingerprint density at radius 2 is 1.64 bits per heavy atom. The van der Waals surface area contributed by atoms with E-state index in [2.05, 4.69) is 27.7 Å². The average Bonchev–Trinajstić information content (AvgIpc) is 2.11. The van der Waals surface area contributed by atoms with Gasteiger partial charge in [-0.05, 0) is 43.4 Å². The fourth-order valence-corrected chi connectivity index (χ4v) is 2.55. The van der Waals surface area contributed by atoms with Crippen LogP contribution < -0.4 is 0 Å². The van der Waals surface area contributed by atoms with Crippen molar-refractivity contribution in [2.45, 2.75) is 71.8 Å². The molecular formula is C13H26O. The number of hydrogen-bond acceptors (Lipinski definition) is 1. The summed E-state index contributed by atoms with van der Waals surface area (Å²) < 4.78 is 0. The third-order valence-electron chi connectivity index (χ3n) is 4.11. The molecule has 1 saturated carbocycles. The molecule has 0 aliphatic heterocycles. The Morgan fingerprint density at radius 1 is 1.14 bits per heavy atom. The van der Waals surface area contributed by atoms with Gasteiger partial charge in [-0.1, -0.05) is 34.1 Å². The first-order valence-electron chi connectivity index (χ1n) is 6.12. The van der Waals surface area contributed by atoms with Gasteiger partial charge < -0.3 is 5.11 Å². The molecule has 1 nitrogen and oxygen atoms in total. The van der Waals surface area contributed by atoms with E-state index in [4.69, 9.17) is 0 Å². The molecule has 1 N–H and O–H groups in total. The summed E-state index contributed by atoms with van der Waals surface area (Å²) in [5.41, 5.74) is 0.101. The Kier molecular flexibility index (Phi) is 3.63. The van der Waals surface area contributed by atoms with Gasteiger partial charge in [0.2, 0.25) is 0 Å². The zero-order chi connectivity index (χ0) is 10.8. The SMILES string of the molecule is CCCC(C)C1(O)CCC(C)(C)CC1. The monoisotopic (exact) mass is 198 g/mol. The molecule has 0 spiro atoms. The van der Waals surface area contributed by atoms with Gasteiger partial charge in [-0.2, -0.15) is 0 Å². The summed E-state index contributed by atoms with van der Waals surface area (Å²) in [5.74, 6) is 0.476. The molecule has 1 heteroatoms. The Balaban J connectivity index is 2.52. The van der Waals surface area contributed by atoms with Crippen LogP contribution in [0.4, 0.5) is 0 Å². The van der Waals surface area contributed by atoms with Gasteiger partial charge in [0.1, 0.15) is 0 Å². The van der Waals surface area contributed by atoms with Crippen LogP contribution in [0.2, 0.25) is 0 Å². The highest BCUT2D eigenvalue weighted by molar-refractivity contribution is 4.92. The molecule has 1 rings (SSSR count). The summed E-state index contributed by atoms with van der Waals surface area (Å²) in [6.45, 7) is 9.04. The molecule has 0 aromatic heterocycles. The summed E-state index contributed by atoms with van der Waals surface area (Å²) in [7, 11) is 0. The molecule has 0 aromatic rings. The van der Waals surface area contributed by atoms with Crippen LogP contribution >= 0.6 is 0 Å². The average molecular weight is 198 g/mol. The van der Waals surface area contributed by atoms with Gasteiger partial charge in [0.15, 0.2) is 0 Å². The molecule has 0 saturated heterocycles. The largest absolute Gasteiger partial charge is 0.390 e. The standard InChI is InChI=1S/C13H26O/c1-5-6-11(2)13(14)9-7-12(3,4)8-10-13/h11,14H,5-10H2,1-4H3. The third-order valence-corrected chi connectivity index (χ3v) is 4.11. The Bertz CT molecular complexity index is 174. The van der Waals surface area contributed by atoms with Crippen molar-refractivity contribution in [1.82, 2.24) is 0 Å². The van der Waals surface area contributed by atoms with Gasteiger partial charge in [-0.25, -0.2) is 0 Å². The smallest absolute Gasteiger partial charge is 0.0673 e. The molecule has 0 heterocycles. The molecule has 1 fully saturated rings. The lowest BCUT2D eigenvalue weighted by atomic mass is 9.66. The van der Waals surface area contributed by atoms with Gasteiger partial charge in [-0.3, -0.25) is 0 Å². The molecule has 0 amide bonds. The van der Waals surface area contributed by atoms with Gasteiger partial charge >= 0.3 is 0 Å². The second-order valence-corrected chi connectivity index (χ2v) is 5.96. The molecule has 0 bridgehead atoms. The first kappa shape index (κ1) is 12.0. The van der Waals surface area contributed by atoms with Crippen LogP contribution in [0.25, 0.3) is 0 Å². The normalized spacial score (nSPS) is 27.2. The molecule has 1 atom stereocenters. The second kappa shape index (κ2) is 4.22. The fourth-order valence-electron chi connectivity index (χ4n) is 2.55. The summed E-state index contributed by atoms with van der Waals surface area (Å²) in [5, 5.41) is 10.5. The lowest BCUT2D eigenvalue weighted by molar-refractivity contribution is -0.0685. The maximum Gasteiger partial charge on any atom is 0.0673 e. The van der Waals surface area contributed by atoms with Crippen molar-refractivity contribution in [3.8, 4) is 0 Å². The predicted molar refractivity (Wildman–Crippen MR) is 61.3 cm³/mol. The molecule has 1 unspecified atom stereocenters. The van der Waals surface area contributed by atoms with Crippen molar-refractivity contribution < 1.29 is 5.11 Å². The summed E-state index contributed by atoms with van der Waals surface area (Å²) in [6.07, 6.45) is 6.71. The minimum Gasteiger partial charge on any atom is -0.390 e. The van der Waals surface area contributed by atoms with Crippen LogP contribution in [0.3, 0.4) is 0 Å². The fraction of sp³-hybridized carbons (Fsp3) is 1.00. The quantitative estimate of drug-likeness (QED) is 0.732. The van der Waals surface area contributed by atoms with Gasteiger partial charge in [0.05, 0.1) is 5.60 Å². The van der Waals surface area contributed by atoms with Crippen LogP contribution in [-0.4, -0.2) is 10.7 Å². The predicted octanol–water partition coefficient (Wildman–Crippen LogP) is 3.75. The lowest BCUT2D eigenvalue weighted by Gasteiger charge is -2.43. The van der Waals surface area contributed by atoms with E-state index < -0.39 is 0 Å². The van der Waals surface area contributed by atoms with E-state index in [1.807, 2.05) is 0 Å². The topological polar surface area (TPSA) is 20.2 Å². The van der Waals surface area contributed by atoms with Gasteiger partial charge in [0.25, 0.3) is 0 Å². The van der Waals surface area contributed by atoms with Crippen LogP contribution in [0.15, 0.2) is 0 Å². The zero-order valence-corrected chi connectivity index (χ0v) is 10.3. The van der Waals surface area contributed by atoms with Gasteiger partial charge in [0, 0.05) is 0 Å². The first-order chi connectivity index (χ1) is 6.40. The highest BCUT2D eigenvalue weighted by atomic mass is 16.3. The van der Waals surface area contributed by atoms with E-state index in [9.17, 15) is 5.11 Å². The number of rotatable bonds is 3. The van der Waals surface area contributed by atoms with Crippen molar-refractivity contribution in [2.75, 3.05) is 0 Å². The Labute approximate surface area is 88.9 Å². The number of aliphatic hydroxyl groups is 1. The molecular weight excluding hydrogens is 172 g/mol. The van der Waals surface area contributed by atoms with E-state index >= 15 is 0 Å². The van der Waals surface area contributed by atoms with E-state index in [-0.39, 0.29) is 5.60 Å². The van der Waals surface area contributed by atoms with Crippen molar-refractivity contribution in [1.29, 1.82) is 0 Å². The highest BCUT2D eigenvalue weighted by Gasteiger charge is 2.39. The zero-order valence-electron chi connectivity index (χ0n) is 10.3. The molecule has 14 heavy (non-hydrogen) atoms. The van der Waals surface area contributed by atoms with Crippen molar-refractivity contribution >= 4 is 0 Å². The molecule has 0 radical (unpaired) electrons. The Hall–Kier alpha value is -0.0400. The van der Waals surface area contributed by atoms with Gasteiger partial charge in [-0.15, -0.1) is 0 Å². The maximum atomic E-state index is 10.5. The highest BCUT2D eigenvalue weighted by Crippen LogP contribution is 2.44. The molecule has 0 aromatic carbocycles. The molecule has 1 aliphatic rings. The van der Waals surface area contributed by atoms with Crippen LogP contribution in [0.5, 0.6) is 0 Å². The second-order valence-electron chi connectivity index (χ2n) is 5.96. The maximum absolute atomic E-state index is 10.5. The minimum atomic E-state index is -0.356. The third kappa shape index (κ3) is 2.73. The summed E-state index contributed by atoms with van der Waals surface area (Å²) in [6, 6.07) is 0. The van der Waals surface area contributed by atoms with Crippen molar-refractivity contribution in [3.63, 3.8) is 0 Å². The van der Waals surface area contributed by atoms with E-state index in [1.165, 1.54) is 19.3 Å². The van der Waals surface area contributed by atoms with Crippen LogP contribution in [-0.2, 0) is 0 Å². The first-order valence-corrected chi connectivity index (χ1v) is 6.12. The number of hydrogen-bond donors (Lipinski definition) is 1. The van der Waals surface area contributed by atoms with E-state index in [0.717, 1.165) is 19.3 Å². The minimum absolute atomic E-state index is 0.356. The van der Waals surface area contributed by atoms with Crippen molar-refractivity contribution in [2.24, 2.45) is 11.3 Å².